The molecule has 154 valence electrons. The van der Waals surface area contributed by atoms with Crippen LogP contribution in [0.2, 0.25) is 0 Å². The number of halogens is 4. The lowest BCUT2D eigenvalue weighted by Crippen LogP contribution is -2.11. The largest absolute Gasteiger partial charge is 0.461 e. The number of nitrogens with zero attached hydrogens (tertiary/aromatic N) is 1. The maximum absolute atomic E-state index is 12.7. The number of carbonyl (C=O) groups is 1. The fraction of sp³-hybridized carbons (Fsp3) is 0.364. The van der Waals surface area contributed by atoms with Crippen LogP contribution in [0.25, 0.3) is 11.1 Å². The van der Waals surface area contributed by atoms with E-state index in [9.17, 15) is 18.0 Å². The minimum absolute atomic E-state index is 0.0504. The molecule has 29 heavy (non-hydrogen) atoms. The molecule has 0 amide bonds. The van der Waals surface area contributed by atoms with Gasteiger partial charge in [-0.3, -0.25) is 9.78 Å². The van der Waals surface area contributed by atoms with Crippen LogP contribution in [0.5, 0.6) is 0 Å². The molecular formula is C22H21ClF3NO2. The topological polar surface area (TPSA) is 39.2 Å². The van der Waals surface area contributed by atoms with Crippen molar-refractivity contribution in [1.29, 1.82) is 0 Å². The molecule has 3 nitrogen and oxygen atoms in total. The highest BCUT2D eigenvalue weighted by molar-refractivity contribution is 6.30. The third kappa shape index (κ3) is 4.47. The van der Waals surface area contributed by atoms with Crippen LogP contribution in [0, 0.1) is 24.2 Å². The lowest BCUT2D eigenvalue weighted by molar-refractivity contribution is -0.147. The number of ether oxygens (including phenoxy) is 1. The third-order valence-corrected chi connectivity index (χ3v) is 5.89. The molecule has 0 N–H and O–H groups in total. The summed E-state index contributed by atoms with van der Waals surface area (Å²) in [5.74, 6) is -1.78. The molecule has 1 aliphatic carbocycles. The van der Waals surface area contributed by atoms with Gasteiger partial charge in [-0.15, -0.1) is 0 Å². The standard InChI is InChI=1S/C22H21ClF3NO2/c1-13-15(6-4-8-16(13)14-7-5-9-27-11-14)12-29-20(28)19-17(21(19,2)3)10-18(23)22(24,25)26/h4-11,17,19H,12H2,1-3H3/t17-,19-/m0/s1. The second-order valence-corrected chi connectivity index (χ2v) is 8.18. The average molecular weight is 424 g/mol. The Bertz CT molecular complexity index is 939. The van der Waals surface area contributed by atoms with Crippen LogP contribution < -0.4 is 0 Å². The van der Waals surface area contributed by atoms with E-state index in [0.717, 1.165) is 28.3 Å². The van der Waals surface area contributed by atoms with Crippen molar-refractivity contribution in [3.8, 4) is 11.1 Å². The Morgan fingerprint density at radius 3 is 2.62 bits per heavy atom. The number of benzene rings is 1. The SMILES string of the molecule is Cc1c(COC(=O)[C@@H]2[C@H](C=C(Cl)C(F)(F)F)C2(C)C)cccc1-c1cccnc1. The summed E-state index contributed by atoms with van der Waals surface area (Å²) in [4.78, 5) is 16.6. The van der Waals surface area contributed by atoms with Gasteiger partial charge in [-0.05, 0) is 41.0 Å². The second-order valence-electron chi connectivity index (χ2n) is 7.78. The number of hydrogen-bond donors (Lipinski definition) is 0. The first-order chi connectivity index (χ1) is 13.5. The highest BCUT2D eigenvalue weighted by Crippen LogP contribution is 2.60. The maximum Gasteiger partial charge on any atom is 0.426 e. The van der Waals surface area contributed by atoms with Crippen molar-refractivity contribution in [3.63, 3.8) is 0 Å². The number of pyridine rings is 1. The van der Waals surface area contributed by atoms with Crippen LogP contribution in [-0.2, 0) is 16.1 Å². The molecule has 2 aromatic rings. The molecule has 0 spiro atoms. The number of allylic oxidation sites excluding steroid dienone is 2. The highest BCUT2D eigenvalue weighted by Gasteiger charge is 2.62. The van der Waals surface area contributed by atoms with Gasteiger partial charge in [-0.2, -0.15) is 13.2 Å². The number of alkyl halides is 3. The van der Waals surface area contributed by atoms with Crippen LogP contribution >= 0.6 is 11.6 Å². The third-order valence-electron chi connectivity index (χ3n) is 5.55. The highest BCUT2D eigenvalue weighted by atomic mass is 35.5. The Morgan fingerprint density at radius 1 is 1.28 bits per heavy atom. The van der Waals surface area contributed by atoms with Gasteiger partial charge < -0.3 is 4.74 Å². The van der Waals surface area contributed by atoms with Gasteiger partial charge in [0.1, 0.15) is 11.6 Å². The first kappa shape index (κ1) is 21.4. The summed E-state index contributed by atoms with van der Waals surface area (Å²) in [7, 11) is 0. The molecular weight excluding hydrogens is 403 g/mol. The summed E-state index contributed by atoms with van der Waals surface area (Å²) >= 11 is 5.34. The van der Waals surface area contributed by atoms with E-state index in [1.807, 2.05) is 37.3 Å². The minimum Gasteiger partial charge on any atom is -0.461 e. The molecule has 0 aliphatic heterocycles. The van der Waals surface area contributed by atoms with Gasteiger partial charge in [-0.1, -0.05) is 55.8 Å². The Morgan fingerprint density at radius 2 is 2.00 bits per heavy atom. The zero-order valence-corrected chi connectivity index (χ0v) is 17.0. The summed E-state index contributed by atoms with van der Waals surface area (Å²) in [6.07, 6.45) is -0.246. The summed E-state index contributed by atoms with van der Waals surface area (Å²) in [6.45, 7) is 5.44. The van der Waals surface area contributed by atoms with E-state index in [1.54, 1.807) is 26.2 Å². The van der Waals surface area contributed by atoms with Gasteiger partial charge in [0, 0.05) is 18.0 Å². The molecule has 7 heteroatoms. The van der Waals surface area contributed by atoms with Gasteiger partial charge in [0.2, 0.25) is 0 Å². The molecule has 1 aromatic carbocycles. The van der Waals surface area contributed by atoms with Crippen molar-refractivity contribution in [2.45, 2.75) is 33.6 Å². The molecule has 1 heterocycles. The summed E-state index contributed by atoms with van der Waals surface area (Å²) in [6, 6.07) is 9.48. The smallest absolute Gasteiger partial charge is 0.426 e. The van der Waals surface area contributed by atoms with Gasteiger partial charge in [0.15, 0.2) is 0 Å². The predicted octanol–water partition coefficient (Wildman–Crippen LogP) is 6.06. The fourth-order valence-electron chi connectivity index (χ4n) is 3.60. The first-order valence-electron chi connectivity index (χ1n) is 9.13. The van der Waals surface area contributed by atoms with Crippen LogP contribution in [-0.4, -0.2) is 17.1 Å². The first-order valence-corrected chi connectivity index (χ1v) is 9.51. The van der Waals surface area contributed by atoms with Crippen molar-refractivity contribution < 1.29 is 22.7 Å². The second kappa shape index (κ2) is 7.82. The lowest BCUT2D eigenvalue weighted by atomic mass is 9.98. The normalized spacial score (nSPS) is 21.0. The molecule has 0 unspecified atom stereocenters. The van der Waals surface area contributed by atoms with Crippen molar-refractivity contribution >= 4 is 17.6 Å². The maximum atomic E-state index is 12.7. The van der Waals surface area contributed by atoms with Crippen LogP contribution in [0.15, 0.2) is 53.8 Å². The Kier molecular flexibility index (Phi) is 5.77. The number of aromatic nitrogens is 1. The molecule has 0 radical (unpaired) electrons. The van der Waals surface area contributed by atoms with Crippen molar-refractivity contribution in [2.24, 2.45) is 17.3 Å². The summed E-state index contributed by atoms with van der Waals surface area (Å²) in [5.41, 5.74) is 3.10. The van der Waals surface area contributed by atoms with E-state index in [2.05, 4.69) is 4.98 Å². The van der Waals surface area contributed by atoms with E-state index in [4.69, 9.17) is 16.3 Å². The quantitative estimate of drug-likeness (QED) is 0.549. The monoisotopic (exact) mass is 423 g/mol. The Balaban J connectivity index is 1.70. The van der Waals surface area contributed by atoms with E-state index in [0.29, 0.717) is 0 Å². The van der Waals surface area contributed by atoms with Crippen molar-refractivity contribution in [2.75, 3.05) is 0 Å². The minimum atomic E-state index is -4.61. The Labute approximate surface area is 172 Å². The molecule has 2 atom stereocenters. The van der Waals surface area contributed by atoms with Crippen LogP contribution in [0.4, 0.5) is 13.2 Å². The van der Waals surface area contributed by atoms with Gasteiger partial charge >= 0.3 is 12.1 Å². The number of hydrogen-bond acceptors (Lipinski definition) is 3. The number of esters is 1. The molecule has 0 bridgehead atoms. The molecule has 0 saturated heterocycles. The lowest BCUT2D eigenvalue weighted by Gasteiger charge is -2.12. The zero-order valence-electron chi connectivity index (χ0n) is 16.3. The number of rotatable bonds is 5. The summed E-state index contributed by atoms with van der Waals surface area (Å²) < 4.78 is 43.5. The van der Waals surface area contributed by atoms with E-state index in [1.165, 1.54) is 0 Å². The average Bonchev–Trinajstić information content (AvgIpc) is 3.20. The molecule has 1 saturated carbocycles. The van der Waals surface area contributed by atoms with Crippen molar-refractivity contribution in [1.82, 2.24) is 4.98 Å². The number of carbonyl (C=O) groups excluding carboxylic acids is 1. The van der Waals surface area contributed by atoms with Crippen molar-refractivity contribution in [3.05, 3.63) is 65.0 Å². The zero-order chi connectivity index (χ0) is 21.4. The fourth-order valence-corrected chi connectivity index (χ4v) is 3.74. The van der Waals surface area contributed by atoms with E-state index < -0.39 is 34.4 Å². The van der Waals surface area contributed by atoms with Gasteiger partial charge in [-0.25, -0.2) is 0 Å². The molecule has 3 rings (SSSR count). The predicted molar refractivity (Wildman–Crippen MR) is 105 cm³/mol. The van der Waals surface area contributed by atoms with Gasteiger partial charge in [0.05, 0.1) is 5.92 Å². The van der Waals surface area contributed by atoms with Crippen LogP contribution in [0.1, 0.15) is 25.0 Å². The van der Waals surface area contributed by atoms with Crippen LogP contribution in [0.3, 0.4) is 0 Å². The molecule has 1 aromatic heterocycles. The van der Waals surface area contributed by atoms with E-state index >= 15 is 0 Å². The van der Waals surface area contributed by atoms with Gasteiger partial charge in [0.25, 0.3) is 0 Å². The molecule has 1 fully saturated rings. The molecule has 1 aliphatic rings. The van der Waals surface area contributed by atoms with E-state index in [-0.39, 0.29) is 6.61 Å². The summed E-state index contributed by atoms with van der Waals surface area (Å²) in [5, 5.41) is -1.20. The Hall–Kier alpha value is -2.34.